The summed E-state index contributed by atoms with van der Waals surface area (Å²) >= 11 is 0. The predicted molar refractivity (Wildman–Crippen MR) is 109 cm³/mol. The topological polar surface area (TPSA) is 84.6 Å². The molecular formula is C22H23N5O3. The van der Waals surface area contributed by atoms with Crippen LogP contribution in [-0.4, -0.2) is 64.7 Å². The molecule has 0 aliphatic carbocycles. The smallest absolute Gasteiger partial charge is 0.255 e. The second kappa shape index (κ2) is 7.21. The number of benzene rings is 1. The van der Waals surface area contributed by atoms with Gasteiger partial charge in [-0.3, -0.25) is 9.69 Å². The third kappa shape index (κ3) is 3.23. The van der Waals surface area contributed by atoms with E-state index in [1.54, 1.807) is 25.4 Å². The first kappa shape index (κ1) is 18.7. The molecule has 30 heavy (non-hydrogen) atoms. The maximum Gasteiger partial charge on any atom is 0.255 e. The van der Waals surface area contributed by atoms with E-state index in [1.807, 2.05) is 35.2 Å². The zero-order chi connectivity index (χ0) is 20.7. The Balaban J connectivity index is 1.25. The van der Waals surface area contributed by atoms with Gasteiger partial charge in [0.15, 0.2) is 0 Å². The van der Waals surface area contributed by atoms with E-state index in [0.29, 0.717) is 23.2 Å². The van der Waals surface area contributed by atoms with Gasteiger partial charge in [-0.15, -0.1) is 10.2 Å². The second-order valence-corrected chi connectivity index (χ2v) is 8.20. The molecule has 0 N–H and O–H groups in total. The predicted octanol–water partition coefficient (Wildman–Crippen LogP) is 2.66. The summed E-state index contributed by atoms with van der Waals surface area (Å²) < 4.78 is 11.0. The summed E-state index contributed by atoms with van der Waals surface area (Å²) in [6, 6.07) is 13.3. The van der Waals surface area contributed by atoms with Crippen LogP contribution in [-0.2, 0) is 0 Å². The van der Waals surface area contributed by atoms with Crippen LogP contribution in [0, 0.1) is 5.41 Å². The van der Waals surface area contributed by atoms with Gasteiger partial charge in [-0.25, -0.2) is 4.98 Å². The van der Waals surface area contributed by atoms with Crippen LogP contribution < -0.4 is 4.74 Å². The van der Waals surface area contributed by atoms with Crippen molar-refractivity contribution in [3.63, 3.8) is 0 Å². The van der Waals surface area contributed by atoms with Crippen molar-refractivity contribution in [2.24, 2.45) is 5.41 Å². The van der Waals surface area contributed by atoms with Crippen LogP contribution >= 0.6 is 0 Å². The van der Waals surface area contributed by atoms with Crippen LogP contribution in [0.1, 0.15) is 28.7 Å². The highest BCUT2D eigenvalue weighted by molar-refractivity contribution is 5.94. The highest BCUT2D eigenvalue weighted by Crippen LogP contribution is 2.47. The number of carbonyl (C=O) groups excluding carboxylic acids is 1. The van der Waals surface area contributed by atoms with Gasteiger partial charge < -0.3 is 14.1 Å². The number of hydrogen-bond donors (Lipinski definition) is 0. The summed E-state index contributed by atoms with van der Waals surface area (Å²) in [6.45, 7) is 2.34. The van der Waals surface area contributed by atoms with E-state index < -0.39 is 0 Å². The monoisotopic (exact) mass is 405 g/mol. The molecule has 1 unspecified atom stereocenters. The fraction of sp³-hybridized carbons (Fsp3) is 0.364. The molecule has 1 spiro atoms. The number of aromatic nitrogens is 3. The minimum absolute atomic E-state index is 0.00559. The normalized spacial score (nSPS) is 20.3. The van der Waals surface area contributed by atoms with E-state index in [2.05, 4.69) is 27.1 Å². The number of amides is 1. The molecule has 2 saturated heterocycles. The Morgan fingerprint density at radius 1 is 1.13 bits per heavy atom. The Bertz CT molecular complexity index is 1040. The first-order valence-corrected chi connectivity index (χ1v) is 9.95. The molecule has 1 aromatic carbocycles. The quantitative estimate of drug-likeness (QED) is 0.660. The molecule has 4 heterocycles. The Kier molecular flexibility index (Phi) is 4.51. The third-order valence-corrected chi connectivity index (χ3v) is 6.02. The second-order valence-electron chi connectivity index (χ2n) is 8.20. The number of carbonyl (C=O) groups is 1. The molecule has 1 atom stereocenters. The number of nitrogens with zero attached hydrogens (tertiary/aromatic N) is 5. The Hall–Kier alpha value is -3.26. The van der Waals surface area contributed by atoms with Gasteiger partial charge in [0.25, 0.3) is 5.91 Å². The molecule has 8 nitrogen and oxygen atoms in total. The van der Waals surface area contributed by atoms with Crippen LogP contribution in [0.25, 0.3) is 11.5 Å². The van der Waals surface area contributed by atoms with E-state index in [0.717, 1.165) is 31.6 Å². The van der Waals surface area contributed by atoms with E-state index in [-0.39, 0.29) is 17.4 Å². The van der Waals surface area contributed by atoms with Gasteiger partial charge in [-0.05, 0) is 31.7 Å². The van der Waals surface area contributed by atoms with Crippen molar-refractivity contribution in [3.05, 3.63) is 60.1 Å². The Morgan fingerprint density at radius 2 is 1.93 bits per heavy atom. The molecule has 5 rings (SSSR count). The molecule has 8 heteroatoms. The van der Waals surface area contributed by atoms with Gasteiger partial charge in [-0.1, -0.05) is 18.2 Å². The zero-order valence-corrected chi connectivity index (χ0v) is 17.0. The average Bonchev–Trinajstić information content (AvgIpc) is 3.38. The molecule has 2 aliphatic heterocycles. The van der Waals surface area contributed by atoms with Gasteiger partial charge >= 0.3 is 0 Å². The fourth-order valence-electron chi connectivity index (χ4n) is 4.56. The van der Waals surface area contributed by atoms with Gasteiger partial charge in [0, 0.05) is 42.9 Å². The number of pyridine rings is 1. The molecule has 154 valence electrons. The first-order valence-electron chi connectivity index (χ1n) is 9.95. The summed E-state index contributed by atoms with van der Waals surface area (Å²) in [5.74, 6) is 1.68. The summed E-state index contributed by atoms with van der Waals surface area (Å²) in [7, 11) is 3.63. The SMILES string of the molecule is COc1ccc(C(=O)N2CC3(CC(c4nnc(-c5ccccc5)o4)N(C)C3)C2)cn1. The lowest BCUT2D eigenvalue weighted by molar-refractivity contribution is 0.0114. The average molecular weight is 405 g/mol. The molecule has 0 saturated carbocycles. The van der Waals surface area contributed by atoms with Crippen molar-refractivity contribution in [1.82, 2.24) is 25.0 Å². The molecule has 2 aromatic heterocycles. The van der Waals surface area contributed by atoms with E-state index in [9.17, 15) is 4.79 Å². The Morgan fingerprint density at radius 3 is 2.63 bits per heavy atom. The van der Waals surface area contributed by atoms with Gasteiger partial charge in [0.1, 0.15) is 0 Å². The van der Waals surface area contributed by atoms with Gasteiger partial charge in [0.2, 0.25) is 17.7 Å². The number of rotatable bonds is 4. The molecule has 0 bridgehead atoms. The first-order chi connectivity index (χ1) is 14.6. The van der Waals surface area contributed by atoms with Gasteiger partial charge in [0.05, 0.1) is 18.7 Å². The van der Waals surface area contributed by atoms with Crippen molar-refractivity contribution in [3.8, 4) is 17.3 Å². The van der Waals surface area contributed by atoms with Crippen molar-refractivity contribution in [2.45, 2.75) is 12.5 Å². The summed E-state index contributed by atoms with van der Waals surface area (Å²) in [4.78, 5) is 21.0. The number of methoxy groups -OCH3 is 1. The van der Waals surface area contributed by atoms with Crippen molar-refractivity contribution in [2.75, 3.05) is 33.8 Å². The highest BCUT2D eigenvalue weighted by atomic mass is 16.5. The lowest BCUT2D eigenvalue weighted by Crippen LogP contribution is -2.59. The van der Waals surface area contributed by atoms with Crippen LogP contribution in [0.2, 0.25) is 0 Å². The van der Waals surface area contributed by atoms with E-state index in [4.69, 9.17) is 9.15 Å². The minimum Gasteiger partial charge on any atom is -0.481 e. The maximum atomic E-state index is 12.8. The Labute approximate surface area is 174 Å². The van der Waals surface area contributed by atoms with Gasteiger partial charge in [-0.2, -0.15) is 0 Å². The minimum atomic E-state index is 0.00559. The van der Waals surface area contributed by atoms with Crippen LogP contribution in [0.15, 0.2) is 53.1 Å². The summed E-state index contributed by atoms with van der Waals surface area (Å²) in [5, 5.41) is 8.54. The molecule has 1 amide bonds. The van der Waals surface area contributed by atoms with Crippen molar-refractivity contribution < 1.29 is 13.9 Å². The third-order valence-electron chi connectivity index (χ3n) is 6.02. The van der Waals surface area contributed by atoms with Crippen LogP contribution in [0.5, 0.6) is 5.88 Å². The standard InChI is InChI=1S/C22H23N5O3/c1-26-12-22(13-27(14-22)21(28)16-8-9-18(29-2)23-11-16)10-17(26)20-25-24-19(30-20)15-6-4-3-5-7-15/h3-9,11,17H,10,12-14H2,1-2H3. The molecule has 2 fully saturated rings. The molecule has 2 aliphatic rings. The molecular weight excluding hydrogens is 382 g/mol. The molecule has 0 radical (unpaired) electrons. The fourth-order valence-corrected chi connectivity index (χ4v) is 4.56. The largest absolute Gasteiger partial charge is 0.481 e. The zero-order valence-electron chi connectivity index (χ0n) is 17.0. The summed E-state index contributed by atoms with van der Waals surface area (Å²) in [5.41, 5.74) is 1.56. The molecule has 3 aromatic rings. The van der Waals surface area contributed by atoms with Crippen LogP contribution in [0.4, 0.5) is 0 Å². The number of ether oxygens (including phenoxy) is 1. The summed E-state index contributed by atoms with van der Waals surface area (Å²) in [6.07, 6.45) is 2.46. The lowest BCUT2D eigenvalue weighted by Gasteiger charge is -2.48. The van der Waals surface area contributed by atoms with Crippen LogP contribution in [0.3, 0.4) is 0 Å². The van der Waals surface area contributed by atoms with E-state index >= 15 is 0 Å². The number of likely N-dealkylation sites (tertiary alicyclic amines) is 2. The van der Waals surface area contributed by atoms with Crippen molar-refractivity contribution >= 4 is 5.91 Å². The number of hydrogen-bond acceptors (Lipinski definition) is 7. The highest BCUT2D eigenvalue weighted by Gasteiger charge is 2.53. The maximum absolute atomic E-state index is 12.8. The lowest BCUT2D eigenvalue weighted by atomic mass is 9.77. The van der Waals surface area contributed by atoms with Crippen molar-refractivity contribution in [1.29, 1.82) is 0 Å². The van der Waals surface area contributed by atoms with E-state index in [1.165, 1.54) is 0 Å².